The molecular formula is C26H22N2O5. The van der Waals surface area contributed by atoms with Crippen LogP contribution >= 0.6 is 0 Å². The lowest BCUT2D eigenvalue weighted by Gasteiger charge is -2.14. The molecule has 3 aromatic rings. The number of carbonyl (C=O) groups is 1. The molecule has 7 heteroatoms. The molecule has 0 bridgehead atoms. The minimum Gasteiger partial charge on any atom is -0.449 e. The van der Waals surface area contributed by atoms with Crippen LogP contribution in [0.25, 0.3) is 11.1 Å². The topological polar surface area (TPSA) is 102 Å². The fourth-order valence-corrected chi connectivity index (χ4v) is 4.01. The molecule has 0 atom stereocenters. The van der Waals surface area contributed by atoms with Gasteiger partial charge in [0.1, 0.15) is 6.61 Å². The molecule has 0 heterocycles. The van der Waals surface area contributed by atoms with Crippen molar-refractivity contribution in [3.8, 4) is 23.0 Å². The average Bonchev–Trinajstić information content (AvgIpc) is 3.16. The maximum Gasteiger partial charge on any atom is 0.407 e. The van der Waals surface area contributed by atoms with Crippen molar-refractivity contribution in [2.45, 2.75) is 18.9 Å². The second kappa shape index (κ2) is 9.98. The van der Waals surface area contributed by atoms with E-state index in [1.165, 1.54) is 29.3 Å². The zero-order valence-electron chi connectivity index (χ0n) is 17.8. The van der Waals surface area contributed by atoms with Crippen LogP contribution < -0.4 is 5.32 Å². The van der Waals surface area contributed by atoms with Gasteiger partial charge in [-0.15, -0.1) is 0 Å². The molecule has 166 valence electrons. The van der Waals surface area contributed by atoms with Gasteiger partial charge >= 0.3 is 6.09 Å². The number of ether oxygens (including phenoxy) is 1. The first-order valence-corrected chi connectivity index (χ1v) is 10.5. The summed E-state index contributed by atoms with van der Waals surface area (Å²) >= 11 is 0. The Hall–Kier alpha value is -4.15. The van der Waals surface area contributed by atoms with Gasteiger partial charge in [0.05, 0.1) is 17.1 Å². The van der Waals surface area contributed by atoms with E-state index in [2.05, 4.69) is 41.4 Å². The summed E-state index contributed by atoms with van der Waals surface area (Å²) in [4.78, 5) is 22.5. The summed E-state index contributed by atoms with van der Waals surface area (Å²) in [5.74, 6) is 5.80. The third kappa shape index (κ3) is 4.86. The Balaban J connectivity index is 1.28. The molecule has 0 aliphatic heterocycles. The molecule has 2 N–H and O–H groups in total. The van der Waals surface area contributed by atoms with Crippen LogP contribution in [0.5, 0.6) is 0 Å². The molecule has 0 radical (unpaired) electrons. The standard InChI is InChI=1S/C26H22N2O5/c29-16-19-15-18(12-13-25(19)28(31)32)7-5-6-14-27-26(30)33-17-24-22-10-3-1-8-20(22)21-9-2-4-11-23(21)24/h1-4,8-13,15,24,29H,6,14,16-17H2,(H,27,30). The third-order valence-electron chi connectivity index (χ3n) is 5.54. The van der Waals surface area contributed by atoms with Crippen LogP contribution in [0.3, 0.4) is 0 Å². The van der Waals surface area contributed by atoms with Crippen LogP contribution in [0.2, 0.25) is 0 Å². The highest BCUT2D eigenvalue weighted by Crippen LogP contribution is 2.44. The van der Waals surface area contributed by atoms with Crippen LogP contribution in [0, 0.1) is 22.0 Å². The molecule has 0 fully saturated rings. The number of carbonyl (C=O) groups excluding carboxylic acids is 1. The highest BCUT2D eigenvalue weighted by atomic mass is 16.6. The number of nitro groups is 1. The van der Waals surface area contributed by atoms with Crippen molar-refractivity contribution < 1.29 is 19.6 Å². The molecular weight excluding hydrogens is 420 g/mol. The Kier molecular flexibility index (Phi) is 6.67. The first-order valence-electron chi connectivity index (χ1n) is 10.5. The minimum absolute atomic E-state index is 0.00537. The van der Waals surface area contributed by atoms with Gasteiger partial charge in [-0.05, 0) is 34.4 Å². The van der Waals surface area contributed by atoms with E-state index in [1.54, 1.807) is 0 Å². The van der Waals surface area contributed by atoms with E-state index in [-0.39, 0.29) is 23.8 Å². The summed E-state index contributed by atoms with van der Waals surface area (Å²) in [6.45, 7) is 0.122. The molecule has 33 heavy (non-hydrogen) atoms. The van der Waals surface area contributed by atoms with E-state index in [0.29, 0.717) is 18.5 Å². The highest BCUT2D eigenvalue weighted by molar-refractivity contribution is 5.79. The van der Waals surface area contributed by atoms with E-state index in [0.717, 1.165) is 11.1 Å². The van der Waals surface area contributed by atoms with E-state index < -0.39 is 17.6 Å². The first-order chi connectivity index (χ1) is 16.1. The quantitative estimate of drug-likeness (QED) is 0.256. The fourth-order valence-electron chi connectivity index (χ4n) is 4.01. The van der Waals surface area contributed by atoms with Gasteiger partial charge in [0.15, 0.2) is 0 Å². The molecule has 7 nitrogen and oxygen atoms in total. The zero-order chi connectivity index (χ0) is 23.2. The number of aliphatic hydroxyl groups excluding tert-OH is 1. The van der Waals surface area contributed by atoms with Gasteiger partial charge in [0.2, 0.25) is 0 Å². The zero-order valence-corrected chi connectivity index (χ0v) is 17.8. The number of fused-ring (bicyclic) bond motifs is 3. The number of hydrogen-bond donors (Lipinski definition) is 2. The Bertz CT molecular complexity index is 1210. The predicted molar refractivity (Wildman–Crippen MR) is 124 cm³/mol. The largest absolute Gasteiger partial charge is 0.449 e. The van der Waals surface area contributed by atoms with Crippen LogP contribution in [0.4, 0.5) is 10.5 Å². The number of aliphatic hydroxyl groups is 1. The normalized spacial score (nSPS) is 11.7. The van der Waals surface area contributed by atoms with Gasteiger partial charge in [-0.2, -0.15) is 0 Å². The number of alkyl carbamates (subject to hydrolysis) is 1. The predicted octanol–water partition coefficient (Wildman–Crippen LogP) is 4.37. The Morgan fingerprint density at radius 3 is 2.36 bits per heavy atom. The number of rotatable bonds is 6. The van der Waals surface area contributed by atoms with E-state index >= 15 is 0 Å². The SMILES string of the molecule is O=C(NCCC#Cc1ccc([N+](=O)[O-])c(CO)c1)OCC1c2ccccc2-c2ccccc21. The summed E-state index contributed by atoms with van der Waals surface area (Å²) in [6.07, 6.45) is -0.119. The van der Waals surface area contributed by atoms with Gasteiger partial charge in [-0.25, -0.2) is 4.79 Å². The molecule has 0 spiro atoms. The second-order valence-electron chi connectivity index (χ2n) is 7.56. The molecule has 4 rings (SSSR count). The molecule has 0 saturated heterocycles. The van der Waals surface area contributed by atoms with Crippen LogP contribution in [-0.4, -0.2) is 29.3 Å². The van der Waals surface area contributed by atoms with Crippen LogP contribution in [0.1, 0.15) is 34.6 Å². The maximum absolute atomic E-state index is 12.2. The van der Waals surface area contributed by atoms with Crippen molar-refractivity contribution in [1.82, 2.24) is 5.32 Å². The van der Waals surface area contributed by atoms with Gasteiger partial charge in [-0.3, -0.25) is 10.1 Å². The molecule has 1 aliphatic carbocycles. The monoisotopic (exact) mass is 442 g/mol. The van der Waals surface area contributed by atoms with Gasteiger partial charge in [0, 0.05) is 30.5 Å². The average molecular weight is 442 g/mol. The van der Waals surface area contributed by atoms with Gasteiger partial charge in [0.25, 0.3) is 5.69 Å². The highest BCUT2D eigenvalue weighted by Gasteiger charge is 2.28. The molecule has 3 aromatic carbocycles. The van der Waals surface area contributed by atoms with Crippen molar-refractivity contribution in [3.05, 3.63) is 99.1 Å². The van der Waals surface area contributed by atoms with E-state index in [9.17, 15) is 20.0 Å². The lowest BCUT2D eigenvalue weighted by atomic mass is 9.98. The van der Waals surface area contributed by atoms with E-state index in [4.69, 9.17) is 4.74 Å². The number of nitrogens with one attached hydrogen (secondary N) is 1. The van der Waals surface area contributed by atoms with Crippen LogP contribution in [-0.2, 0) is 11.3 Å². The van der Waals surface area contributed by atoms with Crippen molar-refractivity contribution >= 4 is 11.8 Å². The summed E-state index contributed by atoms with van der Waals surface area (Å²) in [6, 6.07) is 20.6. The number of benzene rings is 3. The first kappa shape index (κ1) is 22.1. The molecule has 0 unspecified atom stereocenters. The second-order valence-corrected chi connectivity index (χ2v) is 7.56. The Morgan fingerprint density at radius 1 is 1.06 bits per heavy atom. The number of hydrogen-bond acceptors (Lipinski definition) is 5. The molecule has 0 aromatic heterocycles. The van der Waals surface area contributed by atoms with E-state index in [1.807, 2.05) is 24.3 Å². The number of nitrogens with zero attached hydrogens (tertiary/aromatic N) is 1. The van der Waals surface area contributed by atoms with Crippen LogP contribution in [0.15, 0.2) is 66.7 Å². The summed E-state index contributed by atoms with van der Waals surface area (Å²) in [5.41, 5.74) is 5.29. The summed E-state index contributed by atoms with van der Waals surface area (Å²) in [5, 5.41) is 22.9. The third-order valence-corrected chi connectivity index (χ3v) is 5.54. The lowest BCUT2D eigenvalue weighted by Crippen LogP contribution is -2.26. The van der Waals surface area contributed by atoms with Crippen molar-refractivity contribution in [2.75, 3.05) is 13.2 Å². The van der Waals surface area contributed by atoms with Crippen molar-refractivity contribution in [3.63, 3.8) is 0 Å². The molecule has 0 saturated carbocycles. The summed E-state index contributed by atoms with van der Waals surface area (Å²) < 4.78 is 5.48. The Morgan fingerprint density at radius 2 is 1.73 bits per heavy atom. The smallest absolute Gasteiger partial charge is 0.407 e. The summed E-state index contributed by atoms with van der Waals surface area (Å²) in [7, 11) is 0. The van der Waals surface area contributed by atoms with Gasteiger partial charge in [-0.1, -0.05) is 60.4 Å². The Labute approximate surface area is 191 Å². The molecule has 1 aliphatic rings. The minimum atomic E-state index is -0.541. The van der Waals surface area contributed by atoms with Crippen molar-refractivity contribution in [1.29, 1.82) is 0 Å². The van der Waals surface area contributed by atoms with Crippen molar-refractivity contribution in [2.24, 2.45) is 0 Å². The fraction of sp³-hybridized carbons (Fsp3) is 0.192. The maximum atomic E-state index is 12.2. The van der Waals surface area contributed by atoms with Gasteiger partial charge < -0.3 is 15.2 Å². The number of nitro benzene ring substituents is 1. The number of amides is 1. The lowest BCUT2D eigenvalue weighted by molar-refractivity contribution is -0.385. The molecule has 1 amide bonds.